The van der Waals surface area contributed by atoms with Crippen LogP contribution in [0, 0.1) is 5.92 Å². The van der Waals surface area contributed by atoms with Gasteiger partial charge in [0.05, 0.1) is 31.4 Å². The molecule has 0 aliphatic carbocycles. The number of fused-ring (bicyclic) bond motifs is 6. The van der Waals surface area contributed by atoms with Crippen molar-refractivity contribution in [2.75, 3.05) is 0 Å². The zero-order chi connectivity index (χ0) is 39.5. The number of hydroxylamine groups is 2. The molecule has 5 aromatic rings. The highest BCUT2D eigenvalue weighted by Crippen LogP contribution is 2.42. The predicted molar refractivity (Wildman–Crippen MR) is 212 cm³/mol. The number of hydrogen-bond acceptors (Lipinski definition) is 8. The monoisotopic (exact) mass is 762 g/mol. The highest BCUT2D eigenvalue weighted by Gasteiger charge is 2.46. The summed E-state index contributed by atoms with van der Waals surface area (Å²) in [6.45, 7) is 12.9. The molecule has 1 saturated heterocycles. The van der Waals surface area contributed by atoms with Crippen LogP contribution in [0.1, 0.15) is 95.1 Å². The Balaban J connectivity index is 1.00. The molecule has 8 rings (SSSR count). The summed E-state index contributed by atoms with van der Waals surface area (Å²) < 4.78 is 1.83. The van der Waals surface area contributed by atoms with Crippen molar-refractivity contribution in [3.05, 3.63) is 82.9 Å². The Hall–Kier alpha value is -5.05. The fourth-order valence-electron chi connectivity index (χ4n) is 9.41. The molecule has 0 spiro atoms. The van der Waals surface area contributed by atoms with Crippen LogP contribution in [0.3, 0.4) is 0 Å². The fraction of sp³-hybridized carbons (Fsp3) is 0.500. The van der Waals surface area contributed by atoms with Crippen molar-refractivity contribution in [2.24, 2.45) is 5.92 Å². The first-order valence-electron chi connectivity index (χ1n) is 19.9. The van der Waals surface area contributed by atoms with Crippen LogP contribution < -0.4 is 16.0 Å². The minimum atomic E-state index is -0.832. The minimum Gasteiger partial charge on any atom is -0.357 e. The molecule has 6 heterocycles. The zero-order valence-corrected chi connectivity index (χ0v) is 33.1. The Morgan fingerprint density at radius 3 is 2.21 bits per heavy atom. The smallest absolute Gasteiger partial charge is 0.243 e. The lowest BCUT2D eigenvalue weighted by molar-refractivity contribution is -0.249. The molecule has 14 nitrogen and oxygen atoms in total. The number of amides is 3. The van der Waals surface area contributed by atoms with E-state index >= 15 is 0 Å². The van der Waals surface area contributed by atoms with Crippen LogP contribution in [0.5, 0.6) is 0 Å². The fourth-order valence-corrected chi connectivity index (χ4v) is 9.41. The number of carbonyl (C=O) groups excluding carboxylic acids is 3. The lowest BCUT2D eigenvalue weighted by atomic mass is 9.79. The van der Waals surface area contributed by atoms with Crippen molar-refractivity contribution in [1.29, 1.82) is 0 Å². The van der Waals surface area contributed by atoms with E-state index < -0.39 is 29.2 Å². The molecule has 6 N–H and O–H groups in total. The molecule has 1 fully saturated rings. The Labute approximate surface area is 326 Å². The number of benzene rings is 2. The van der Waals surface area contributed by atoms with Crippen LogP contribution in [0.25, 0.3) is 21.8 Å². The van der Waals surface area contributed by atoms with Crippen molar-refractivity contribution in [1.82, 2.24) is 50.9 Å². The molecular formula is C42H54N10O4. The van der Waals surface area contributed by atoms with E-state index in [0.717, 1.165) is 44.3 Å². The van der Waals surface area contributed by atoms with Gasteiger partial charge in [0.25, 0.3) is 0 Å². The molecule has 3 amide bonds. The van der Waals surface area contributed by atoms with E-state index in [1.807, 2.05) is 94.9 Å². The summed E-state index contributed by atoms with van der Waals surface area (Å²) in [4.78, 5) is 51.7. The van der Waals surface area contributed by atoms with Gasteiger partial charge in [0, 0.05) is 57.2 Å². The topological polar surface area (TPSA) is 176 Å². The summed E-state index contributed by atoms with van der Waals surface area (Å²) in [6, 6.07) is 14.0. The minimum absolute atomic E-state index is 0.0274. The Morgan fingerprint density at radius 1 is 0.929 bits per heavy atom. The molecule has 3 aliphatic heterocycles. The second kappa shape index (κ2) is 14.5. The van der Waals surface area contributed by atoms with Crippen molar-refractivity contribution in [2.45, 2.75) is 129 Å². The summed E-state index contributed by atoms with van der Waals surface area (Å²) in [7, 11) is 0. The maximum Gasteiger partial charge on any atom is 0.243 e. The van der Waals surface area contributed by atoms with Crippen LogP contribution >= 0.6 is 0 Å². The highest BCUT2D eigenvalue weighted by molar-refractivity contribution is 5.96. The molecule has 56 heavy (non-hydrogen) atoms. The van der Waals surface area contributed by atoms with E-state index in [0.29, 0.717) is 44.3 Å². The molecule has 0 radical (unpaired) electrons. The van der Waals surface area contributed by atoms with E-state index in [-0.39, 0.29) is 42.8 Å². The summed E-state index contributed by atoms with van der Waals surface area (Å²) in [5.74, 6) is -1.00. The molecule has 4 atom stereocenters. The van der Waals surface area contributed by atoms with Gasteiger partial charge in [-0.3, -0.25) is 19.7 Å². The first kappa shape index (κ1) is 37.9. The van der Waals surface area contributed by atoms with Gasteiger partial charge in [-0.25, -0.2) is 4.68 Å². The Bertz CT molecular complexity index is 2270. The molecular weight excluding hydrogens is 709 g/mol. The summed E-state index contributed by atoms with van der Waals surface area (Å²) in [6.07, 6.45) is 4.70. The molecule has 0 saturated carbocycles. The van der Waals surface area contributed by atoms with Gasteiger partial charge in [-0.2, -0.15) is 5.06 Å². The van der Waals surface area contributed by atoms with Crippen LogP contribution in [0.4, 0.5) is 0 Å². The number of hydrogen-bond donors (Lipinski definition) is 6. The Morgan fingerprint density at radius 2 is 1.55 bits per heavy atom. The van der Waals surface area contributed by atoms with Gasteiger partial charge in [0.2, 0.25) is 17.7 Å². The molecule has 3 aliphatic rings. The number of rotatable bonds is 9. The van der Waals surface area contributed by atoms with Gasteiger partial charge in [0.15, 0.2) is 0 Å². The number of H-pyrrole nitrogens is 2. The first-order chi connectivity index (χ1) is 26.7. The summed E-state index contributed by atoms with van der Waals surface area (Å²) >= 11 is 0. The number of carbonyl (C=O) groups is 3. The molecule has 3 aromatic heterocycles. The summed E-state index contributed by atoms with van der Waals surface area (Å²) in [5.41, 5.74) is 5.85. The third-order valence-corrected chi connectivity index (χ3v) is 12.5. The second-order valence-electron chi connectivity index (χ2n) is 17.4. The SMILES string of the molecule is CC[C@@H](C)[C@@H](NC(=O)[C@@H]1Cc2c([nH]c3ccccc23)CN1C(=O)[C@@H]1Cc2c([nH]c3ccccc23)CN1)C(=O)NCc1cn(C2CC(C)(C)N(O)C(C)(C)C2)nn1. The van der Waals surface area contributed by atoms with Crippen molar-refractivity contribution in [3.8, 4) is 0 Å². The maximum absolute atomic E-state index is 14.6. The molecule has 0 bridgehead atoms. The lowest BCUT2D eigenvalue weighted by Gasteiger charge is -2.51. The average Bonchev–Trinajstić information content (AvgIpc) is 3.91. The maximum atomic E-state index is 14.6. The normalized spacial score (nSPS) is 22.0. The van der Waals surface area contributed by atoms with Gasteiger partial charge < -0.3 is 30.7 Å². The van der Waals surface area contributed by atoms with Gasteiger partial charge in [-0.05, 0) is 76.1 Å². The quantitative estimate of drug-likeness (QED) is 0.126. The number of aromatic amines is 2. The van der Waals surface area contributed by atoms with E-state index in [2.05, 4.69) is 42.3 Å². The van der Waals surface area contributed by atoms with E-state index in [1.165, 1.54) is 5.06 Å². The molecule has 0 unspecified atom stereocenters. The van der Waals surface area contributed by atoms with E-state index in [4.69, 9.17) is 0 Å². The highest BCUT2D eigenvalue weighted by atomic mass is 16.5. The van der Waals surface area contributed by atoms with Crippen LogP contribution in [0.15, 0.2) is 54.7 Å². The number of para-hydroxylation sites is 2. The van der Waals surface area contributed by atoms with E-state index in [9.17, 15) is 19.6 Å². The third-order valence-electron chi connectivity index (χ3n) is 12.5. The standard InChI is InChI=1S/C42H54N10O4/c1-7-24(2)37(39(54)44-20-25-22-51(49-48-25)26-18-41(3,4)52(56)42(5,6)19-26)47-38(53)36-17-30-28-13-9-11-15-32(28)46-35(30)23-50(36)40(55)33-16-29-27-12-8-10-14-31(27)45-34(29)21-43-33/h8-15,22,24,26,33,36-37,43,45-46,56H,7,16-21,23H2,1-6H3,(H,44,54)(H,47,53)/t24-,33+,36+,37-/m1/s1. The van der Waals surface area contributed by atoms with Crippen LogP contribution in [0.2, 0.25) is 0 Å². The largest absolute Gasteiger partial charge is 0.357 e. The van der Waals surface area contributed by atoms with Crippen molar-refractivity contribution < 1.29 is 19.6 Å². The number of nitrogens with zero attached hydrogens (tertiary/aromatic N) is 5. The predicted octanol–water partition coefficient (Wildman–Crippen LogP) is 4.64. The summed E-state index contributed by atoms with van der Waals surface area (Å²) in [5, 5.41) is 32.6. The van der Waals surface area contributed by atoms with Crippen molar-refractivity contribution >= 4 is 39.5 Å². The number of nitrogens with one attached hydrogen (secondary N) is 5. The molecule has 14 heteroatoms. The van der Waals surface area contributed by atoms with Crippen LogP contribution in [-0.2, 0) is 46.9 Å². The first-order valence-corrected chi connectivity index (χ1v) is 19.9. The second-order valence-corrected chi connectivity index (χ2v) is 17.4. The third kappa shape index (κ3) is 6.87. The van der Waals surface area contributed by atoms with Crippen molar-refractivity contribution in [3.63, 3.8) is 0 Å². The van der Waals surface area contributed by atoms with Gasteiger partial charge in [-0.15, -0.1) is 5.10 Å². The number of aromatic nitrogens is 5. The van der Waals surface area contributed by atoms with Crippen LogP contribution in [-0.4, -0.2) is 87.1 Å². The van der Waals surface area contributed by atoms with E-state index in [1.54, 1.807) is 4.90 Å². The Kier molecular flexibility index (Phi) is 9.78. The number of piperidine rings is 1. The molecule has 296 valence electrons. The van der Waals surface area contributed by atoms with Gasteiger partial charge in [0.1, 0.15) is 17.8 Å². The lowest BCUT2D eigenvalue weighted by Crippen LogP contribution is -2.60. The van der Waals surface area contributed by atoms with Gasteiger partial charge >= 0.3 is 0 Å². The zero-order valence-electron chi connectivity index (χ0n) is 33.1. The molecule has 2 aromatic carbocycles. The average molecular weight is 763 g/mol. The van der Waals surface area contributed by atoms with Gasteiger partial charge in [-0.1, -0.05) is 61.9 Å².